The first-order chi connectivity index (χ1) is 10.0. The molecule has 1 atom stereocenters. The molecule has 1 aliphatic rings. The molecule has 3 heteroatoms. The topological polar surface area (TPSA) is 36.4 Å². The Morgan fingerprint density at radius 3 is 2.57 bits per heavy atom. The Kier molecular flexibility index (Phi) is 5.63. The first-order valence-electron chi connectivity index (χ1n) is 8.38. The molecule has 1 aliphatic heterocycles. The number of aliphatic hydroxyl groups excluding tert-OH is 1. The summed E-state index contributed by atoms with van der Waals surface area (Å²) in [6.45, 7) is 11.3. The predicted octanol–water partition coefficient (Wildman–Crippen LogP) is 3.96. The molecule has 1 aromatic heterocycles. The average molecular weight is 290 g/mol. The third-order valence-electron chi connectivity index (χ3n) is 4.71. The molecule has 0 aromatic carbocycles. The van der Waals surface area contributed by atoms with Gasteiger partial charge in [-0.05, 0) is 54.7 Å². The van der Waals surface area contributed by atoms with Gasteiger partial charge in [0.25, 0.3) is 0 Å². The number of hydrogen-bond acceptors (Lipinski definition) is 3. The number of nitrogens with zero attached hydrogens (tertiary/aromatic N) is 2. The van der Waals surface area contributed by atoms with Crippen LogP contribution in [0.2, 0.25) is 0 Å². The van der Waals surface area contributed by atoms with Crippen molar-refractivity contribution < 1.29 is 5.11 Å². The van der Waals surface area contributed by atoms with E-state index < -0.39 is 0 Å². The van der Waals surface area contributed by atoms with Gasteiger partial charge in [-0.15, -0.1) is 0 Å². The maximum atomic E-state index is 9.49. The van der Waals surface area contributed by atoms with Crippen molar-refractivity contribution >= 4 is 5.82 Å². The molecule has 118 valence electrons. The SMILES string of the molecule is CC(C)c1cc(CO)cc(N2CCCC(C(C)C)CC2)n1. The monoisotopic (exact) mass is 290 g/mol. The van der Waals surface area contributed by atoms with Crippen LogP contribution in [0.1, 0.15) is 64.1 Å². The number of anilines is 1. The van der Waals surface area contributed by atoms with Gasteiger partial charge < -0.3 is 10.0 Å². The number of aliphatic hydroxyl groups is 1. The Balaban J connectivity index is 2.18. The maximum absolute atomic E-state index is 9.49. The van der Waals surface area contributed by atoms with E-state index in [0.717, 1.165) is 42.0 Å². The minimum atomic E-state index is 0.0949. The van der Waals surface area contributed by atoms with E-state index in [4.69, 9.17) is 4.98 Å². The van der Waals surface area contributed by atoms with Gasteiger partial charge in [-0.1, -0.05) is 27.7 Å². The zero-order valence-electron chi connectivity index (χ0n) is 14.0. The van der Waals surface area contributed by atoms with Crippen LogP contribution in [0.5, 0.6) is 0 Å². The number of pyridine rings is 1. The van der Waals surface area contributed by atoms with E-state index in [9.17, 15) is 5.11 Å². The molecule has 1 saturated heterocycles. The van der Waals surface area contributed by atoms with Gasteiger partial charge in [0, 0.05) is 18.8 Å². The van der Waals surface area contributed by atoms with E-state index >= 15 is 0 Å². The third kappa shape index (κ3) is 4.19. The van der Waals surface area contributed by atoms with Crippen LogP contribution < -0.4 is 4.90 Å². The molecule has 3 nitrogen and oxygen atoms in total. The van der Waals surface area contributed by atoms with Gasteiger partial charge in [-0.3, -0.25) is 0 Å². The van der Waals surface area contributed by atoms with Gasteiger partial charge in [0.2, 0.25) is 0 Å². The molecular formula is C18H30N2O. The molecule has 0 bridgehead atoms. The van der Waals surface area contributed by atoms with Crippen molar-refractivity contribution in [3.8, 4) is 0 Å². The van der Waals surface area contributed by atoms with Crippen molar-refractivity contribution in [3.63, 3.8) is 0 Å². The summed E-state index contributed by atoms with van der Waals surface area (Å²) in [5, 5.41) is 9.49. The zero-order chi connectivity index (χ0) is 15.4. The molecule has 1 unspecified atom stereocenters. The summed E-state index contributed by atoms with van der Waals surface area (Å²) >= 11 is 0. The quantitative estimate of drug-likeness (QED) is 0.912. The predicted molar refractivity (Wildman–Crippen MR) is 88.6 cm³/mol. The Bertz CT molecular complexity index is 457. The van der Waals surface area contributed by atoms with E-state index in [1.165, 1.54) is 19.3 Å². The molecule has 1 N–H and O–H groups in total. The van der Waals surface area contributed by atoms with Gasteiger partial charge in [-0.25, -0.2) is 4.98 Å². The summed E-state index contributed by atoms with van der Waals surface area (Å²) < 4.78 is 0. The molecule has 21 heavy (non-hydrogen) atoms. The van der Waals surface area contributed by atoms with Crippen molar-refractivity contribution in [1.29, 1.82) is 0 Å². The molecule has 0 saturated carbocycles. The number of aromatic nitrogens is 1. The van der Waals surface area contributed by atoms with Crippen LogP contribution in [0, 0.1) is 11.8 Å². The second-order valence-corrected chi connectivity index (χ2v) is 6.99. The molecule has 2 heterocycles. The summed E-state index contributed by atoms with van der Waals surface area (Å²) in [4.78, 5) is 7.24. The van der Waals surface area contributed by atoms with Crippen molar-refractivity contribution in [1.82, 2.24) is 4.98 Å². The highest BCUT2D eigenvalue weighted by molar-refractivity contribution is 5.43. The summed E-state index contributed by atoms with van der Waals surface area (Å²) in [5.41, 5.74) is 2.06. The number of rotatable bonds is 4. The van der Waals surface area contributed by atoms with Crippen LogP contribution in [0.25, 0.3) is 0 Å². The van der Waals surface area contributed by atoms with Gasteiger partial charge >= 0.3 is 0 Å². The fraction of sp³-hybridized carbons (Fsp3) is 0.722. The van der Waals surface area contributed by atoms with Gasteiger partial charge in [0.1, 0.15) is 5.82 Å². The molecule has 0 radical (unpaired) electrons. The minimum absolute atomic E-state index is 0.0949. The largest absolute Gasteiger partial charge is 0.392 e. The Hall–Kier alpha value is -1.09. The van der Waals surface area contributed by atoms with Crippen LogP contribution in [0.3, 0.4) is 0 Å². The average Bonchev–Trinajstić information content (AvgIpc) is 2.72. The van der Waals surface area contributed by atoms with Crippen LogP contribution >= 0.6 is 0 Å². The van der Waals surface area contributed by atoms with Crippen molar-refractivity contribution in [2.24, 2.45) is 11.8 Å². The summed E-state index contributed by atoms with van der Waals surface area (Å²) in [5.74, 6) is 3.05. The highest BCUT2D eigenvalue weighted by Crippen LogP contribution is 2.28. The fourth-order valence-corrected chi connectivity index (χ4v) is 3.16. The Morgan fingerprint density at radius 2 is 1.95 bits per heavy atom. The van der Waals surface area contributed by atoms with Crippen molar-refractivity contribution in [3.05, 3.63) is 23.4 Å². The highest BCUT2D eigenvalue weighted by Gasteiger charge is 2.21. The second-order valence-electron chi connectivity index (χ2n) is 6.99. The van der Waals surface area contributed by atoms with Crippen LogP contribution in [-0.4, -0.2) is 23.2 Å². The molecule has 0 spiro atoms. The van der Waals surface area contributed by atoms with Gasteiger partial charge in [-0.2, -0.15) is 0 Å². The first kappa shape index (κ1) is 16.3. The van der Waals surface area contributed by atoms with Crippen LogP contribution in [0.15, 0.2) is 12.1 Å². The summed E-state index contributed by atoms with van der Waals surface area (Å²) in [6, 6.07) is 4.09. The number of hydrogen-bond donors (Lipinski definition) is 1. The van der Waals surface area contributed by atoms with E-state index in [1.54, 1.807) is 0 Å². The minimum Gasteiger partial charge on any atom is -0.392 e. The molecule has 2 rings (SSSR count). The molecule has 0 amide bonds. The molecule has 0 aliphatic carbocycles. The van der Waals surface area contributed by atoms with Crippen molar-refractivity contribution in [2.45, 2.75) is 59.5 Å². The molecule has 1 fully saturated rings. The summed E-state index contributed by atoms with van der Waals surface area (Å²) in [7, 11) is 0. The second kappa shape index (κ2) is 7.26. The lowest BCUT2D eigenvalue weighted by Crippen LogP contribution is -2.26. The van der Waals surface area contributed by atoms with E-state index in [0.29, 0.717) is 5.92 Å². The van der Waals surface area contributed by atoms with E-state index in [-0.39, 0.29) is 6.61 Å². The van der Waals surface area contributed by atoms with Gasteiger partial charge in [0.05, 0.1) is 6.61 Å². The van der Waals surface area contributed by atoms with Crippen molar-refractivity contribution in [2.75, 3.05) is 18.0 Å². The van der Waals surface area contributed by atoms with Gasteiger partial charge in [0.15, 0.2) is 0 Å². The fourth-order valence-electron chi connectivity index (χ4n) is 3.16. The Morgan fingerprint density at radius 1 is 1.19 bits per heavy atom. The van der Waals surface area contributed by atoms with E-state index in [1.807, 2.05) is 6.07 Å². The van der Waals surface area contributed by atoms with E-state index in [2.05, 4.69) is 38.7 Å². The Labute approximate surface area is 129 Å². The lowest BCUT2D eigenvalue weighted by Gasteiger charge is -2.24. The summed E-state index contributed by atoms with van der Waals surface area (Å²) in [6.07, 6.45) is 3.81. The lowest BCUT2D eigenvalue weighted by atomic mass is 9.89. The molecule has 1 aromatic rings. The van der Waals surface area contributed by atoms with Crippen LogP contribution in [0.4, 0.5) is 5.82 Å². The smallest absolute Gasteiger partial charge is 0.129 e. The maximum Gasteiger partial charge on any atom is 0.129 e. The van der Waals surface area contributed by atoms with Crippen LogP contribution in [-0.2, 0) is 6.61 Å². The highest BCUT2D eigenvalue weighted by atomic mass is 16.3. The standard InChI is InChI=1S/C18H30N2O/c1-13(2)16-6-5-8-20(9-7-16)18-11-15(12-21)10-17(19-18)14(3)4/h10-11,13-14,16,21H,5-9,12H2,1-4H3. The zero-order valence-corrected chi connectivity index (χ0v) is 14.0. The first-order valence-corrected chi connectivity index (χ1v) is 8.38. The normalized spacial score (nSPS) is 20.1. The molecular weight excluding hydrogens is 260 g/mol. The lowest BCUT2D eigenvalue weighted by molar-refractivity contribution is 0.281. The third-order valence-corrected chi connectivity index (χ3v) is 4.71.